The van der Waals surface area contributed by atoms with Gasteiger partial charge in [-0.25, -0.2) is 9.78 Å². The van der Waals surface area contributed by atoms with Gasteiger partial charge in [-0.1, -0.05) is 23.7 Å². The van der Waals surface area contributed by atoms with E-state index in [1.807, 2.05) is 30.3 Å². The predicted molar refractivity (Wildman–Crippen MR) is 111 cm³/mol. The Hall–Kier alpha value is -3.32. The van der Waals surface area contributed by atoms with Gasteiger partial charge in [0.2, 0.25) is 0 Å². The number of carbonyl (C=O) groups excluding carboxylic acids is 1. The van der Waals surface area contributed by atoms with E-state index in [2.05, 4.69) is 4.98 Å². The summed E-state index contributed by atoms with van der Waals surface area (Å²) >= 11 is 5.88. The first-order chi connectivity index (χ1) is 14.6. The fraction of sp³-hybridized carbons (Fsp3) is 0.227. The second kappa shape index (κ2) is 9.00. The number of hydrogen-bond acceptors (Lipinski definition) is 6. The van der Waals surface area contributed by atoms with Crippen LogP contribution in [0.1, 0.15) is 18.7 Å². The molecule has 154 valence electrons. The van der Waals surface area contributed by atoms with Gasteiger partial charge in [-0.2, -0.15) is 0 Å². The van der Waals surface area contributed by atoms with E-state index < -0.39 is 5.76 Å². The Bertz CT molecular complexity index is 1210. The van der Waals surface area contributed by atoms with Crippen molar-refractivity contribution in [1.29, 1.82) is 0 Å². The molecule has 4 aromatic rings. The van der Waals surface area contributed by atoms with Crippen molar-refractivity contribution in [2.24, 2.45) is 0 Å². The Morgan fingerprint density at radius 2 is 1.90 bits per heavy atom. The van der Waals surface area contributed by atoms with Crippen molar-refractivity contribution in [2.45, 2.75) is 25.8 Å². The molecule has 0 amide bonds. The lowest BCUT2D eigenvalue weighted by molar-refractivity contribution is -0.143. The number of aryl methyl sites for hydroxylation is 2. The second-order valence-corrected chi connectivity index (χ2v) is 7.12. The molecular weight excluding hydrogens is 408 g/mol. The molecule has 2 aromatic heterocycles. The SMILES string of the molecule is O=C(CCc1ncc(-c2ccc(Cl)cc2)o1)OCCCn1c(=O)oc2ccccc21. The lowest BCUT2D eigenvalue weighted by atomic mass is 10.2. The molecule has 0 radical (unpaired) electrons. The number of oxazole rings is 2. The molecule has 7 nitrogen and oxygen atoms in total. The first kappa shape index (κ1) is 20.0. The first-order valence-corrected chi connectivity index (χ1v) is 9.92. The van der Waals surface area contributed by atoms with Gasteiger partial charge in [0.15, 0.2) is 17.2 Å². The van der Waals surface area contributed by atoms with Crippen LogP contribution < -0.4 is 5.76 Å². The summed E-state index contributed by atoms with van der Waals surface area (Å²) in [6, 6.07) is 14.5. The van der Waals surface area contributed by atoms with Crippen LogP contribution in [0.15, 0.2) is 68.4 Å². The maximum atomic E-state index is 12.0. The number of rotatable bonds is 8. The highest BCUT2D eigenvalue weighted by Crippen LogP contribution is 2.22. The molecule has 30 heavy (non-hydrogen) atoms. The van der Waals surface area contributed by atoms with E-state index in [1.165, 1.54) is 4.57 Å². The van der Waals surface area contributed by atoms with Gasteiger partial charge < -0.3 is 13.6 Å². The van der Waals surface area contributed by atoms with Crippen LogP contribution >= 0.6 is 11.6 Å². The van der Waals surface area contributed by atoms with Gasteiger partial charge in [-0.3, -0.25) is 9.36 Å². The summed E-state index contributed by atoms with van der Waals surface area (Å²) in [5, 5.41) is 0.645. The lowest BCUT2D eigenvalue weighted by Gasteiger charge is -2.05. The minimum absolute atomic E-state index is 0.162. The molecule has 0 saturated carbocycles. The van der Waals surface area contributed by atoms with Crippen LogP contribution in [0.25, 0.3) is 22.4 Å². The third kappa shape index (κ3) is 4.63. The van der Waals surface area contributed by atoms with Gasteiger partial charge in [0.05, 0.1) is 24.7 Å². The van der Waals surface area contributed by atoms with E-state index in [4.69, 9.17) is 25.2 Å². The number of aromatic nitrogens is 2. The lowest BCUT2D eigenvalue weighted by Crippen LogP contribution is -2.16. The van der Waals surface area contributed by atoms with E-state index in [0.29, 0.717) is 41.6 Å². The number of hydrogen-bond donors (Lipinski definition) is 0. The number of fused-ring (bicyclic) bond motifs is 1. The maximum Gasteiger partial charge on any atom is 0.419 e. The largest absolute Gasteiger partial charge is 0.466 e. The number of nitrogens with zero attached hydrogens (tertiary/aromatic N) is 2. The summed E-state index contributed by atoms with van der Waals surface area (Å²) in [7, 11) is 0. The van der Waals surface area contributed by atoms with Gasteiger partial charge >= 0.3 is 11.7 Å². The maximum absolute atomic E-state index is 12.0. The van der Waals surface area contributed by atoms with Gasteiger partial charge in [0.1, 0.15) is 0 Å². The van der Waals surface area contributed by atoms with Gasteiger partial charge in [-0.05, 0) is 42.8 Å². The number of carbonyl (C=O) groups is 1. The highest BCUT2D eigenvalue weighted by molar-refractivity contribution is 6.30. The molecule has 0 aliphatic carbocycles. The van der Waals surface area contributed by atoms with Crippen molar-refractivity contribution in [3.63, 3.8) is 0 Å². The van der Waals surface area contributed by atoms with Crippen LogP contribution in [-0.4, -0.2) is 22.1 Å². The van der Waals surface area contributed by atoms with Crippen molar-refractivity contribution in [1.82, 2.24) is 9.55 Å². The number of esters is 1. The quantitative estimate of drug-likeness (QED) is 0.305. The van der Waals surface area contributed by atoms with Crippen LogP contribution in [-0.2, 0) is 22.5 Å². The summed E-state index contributed by atoms with van der Waals surface area (Å²) < 4.78 is 17.6. The molecule has 2 aromatic carbocycles. The Morgan fingerprint density at radius 1 is 1.10 bits per heavy atom. The fourth-order valence-electron chi connectivity index (χ4n) is 3.09. The third-order valence-electron chi connectivity index (χ3n) is 4.59. The van der Waals surface area contributed by atoms with E-state index in [9.17, 15) is 9.59 Å². The summed E-state index contributed by atoms with van der Waals surface area (Å²) in [4.78, 5) is 28.1. The van der Waals surface area contributed by atoms with E-state index in [-0.39, 0.29) is 19.0 Å². The Kier molecular flexibility index (Phi) is 5.99. The van der Waals surface area contributed by atoms with E-state index in [1.54, 1.807) is 24.4 Å². The minimum Gasteiger partial charge on any atom is -0.466 e. The zero-order valence-corrected chi connectivity index (χ0v) is 16.8. The van der Waals surface area contributed by atoms with Crippen LogP contribution in [0.3, 0.4) is 0 Å². The standard InChI is InChI=1S/C22H19ClN2O5/c23-16-8-6-15(7-9-16)19-14-24-20(29-19)10-11-21(26)28-13-3-12-25-17-4-1-2-5-18(17)30-22(25)27/h1-2,4-9,14H,3,10-13H2. The van der Waals surface area contributed by atoms with E-state index >= 15 is 0 Å². The molecule has 0 saturated heterocycles. The van der Waals surface area contributed by atoms with Crippen molar-refractivity contribution < 1.29 is 18.4 Å². The van der Waals surface area contributed by atoms with Crippen LogP contribution in [0.5, 0.6) is 0 Å². The molecule has 2 heterocycles. The summed E-state index contributed by atoms with van der Waals surface area (Å²) in [5.74, 6) is 0.328. The Balaban J connectivity index is 1.22. The highest BCUT2D eigenvalue weighted by Gasteiger charge is 2.11. The molecule has 0 aliphatic heterocycles. The van der Waals surface area contributed by atoms with E-state index in [0.717, 1.165) is 11.1 Å². The van der Waals surface area contributed by atoms with Crippen molar-refractivity contribution in [2.75, 3.05) is 6.61 Å². The molecule has 4 rings (SSSR count). The van der Waals surface area contributed by atoms with Crippen molar-refractivity contribution >= 4 is 28.7 Å². The molecule has 0 N–H and O–H groups in total. The third-order valence-corrected chi connectivity index (χ3v) is 4.84. The number of para-hydroxylation sites is 2. The average Bonchev–Trinajstić information content (AvgIpc) is 3.34. The topological polar surface area (TPSA) is 87.5 Å². The van der Waals surface area contributed by atoms with Crippen LogP contribution in [0.2, 0.25) is 5.02 Å². The van der Waals surface area contributed by atoms with Crippen LogP contribution in [0, 0.1) is 0 Å². The average molecular weight is 427 g/mol. The number of benzene rings is 2. The molecule has 0 bridgehead atoms. The summed E-state index contributed by atoms with van der Waals surface area (Å²) in [6.07, 6.45) is 2.64. The van der Waals surface area contributed by atoms with Gasteiger partial charge in [0.25, 0.3) is 0 Å². The fourth-order valence-corrected chi connectivity index (χ4v) is 3.21. The second-order valence-electron chi connectivity index (χ2n) is 6.69. The summed E-state index contributed by atoms with van der Waals surface area (Å²) in [5.41, 5.74) is 2.14. The smallest absolute Gasteiger partial charge is 0.419 e. The monoisotopic (exact) mass is 426 g/mol. The summed E-state index contributed by atoms with van der Waals surface area (Å²) in [6.45, 7) is 0.625. The minimum atomic E-state index is -0.414. The van der Waals surface area contributed by atoms with Gasteiger partial charge in [0, 0.05) is 23.6 Å². The number of ether oxygens (including phenoxy) is 1. The molecule has 0 fully saturated rings. The molecule has 8 heteroatoms. The molecular formula is C22H19ClN2O5. The first-order valence-electron chi connectivity index (χ1n) is 9.55. The normalized spacial score (nSPS) is 11.1. The Labute approximate surface area is 176 Å². The number of halogens is 1. The molecule has 0 spiro atoms. The predicted octanol–water partition coefficient (Wildman–Crippen LogP) is 4.47. The Morgan fingerprint density at radius 3 is 2.73 bits per heavy atom. The molecule has 0 atom stereocenters. The molecule has 0 aliphatic rings. The highest BCUT2D eigenvalue weighted by atomic mass is 35.5. The zero-order valence-electron chi connectivity index (χ0n) is 16.0. The zero-order chi connectivity index (χ0) is 20.9. The molecule has 0 unspecified atom stereocenters. The van der Waals surface area contributed by atoms with Crippen molar-refractivity contribution in [3.05, 3.63) is 76.2 Å². The van der Waals surface area contributed by atoms with Crippen LogP contribution in [0.4, 0.5) is 0 Å². The van der Waals surface area contributed by atoms with Crippen molar-refractivity contribution in [3.8, 4) is 11.3 Å². The van der Waals surface area contributed by atoms with Gasteiger partial charge in [-0.15, -0.1) is 0 Å².